The van der Waals surface area contributed by atoms with Crippen molar-refractivity contribution in [1.82, 2.24) is 10.2 Å². The maximum atomic E-state index is 12.2. The lowest BCUT2D eigenvalue weighted by molar-refractivity contribution is -0.147. The molecule has 3 amide bonds. The molecule has 1 saturated heterocycles. The number of carbonyl (C=O) groups is 3. The average molecular weight is 360 g/mol. The van der Waals surface area contributed by atoms with Crippen molar-refractivity contribution in [3.63, 3.8) is 0 Å². The minimum Gasteiger partial charge on any atom is -0.340 e. The minimum absolute atomic E-state index is 0.232. The predicted octanol–water partition coefficient (Wildman–Crippen LogP) is 1.98. The van der Waals surface area contributed by atoms with E-state index in [4.69, 9.17) is 11.6 Å². The highest BCUT2D eigenvalue weighted by Gasteiger charge is 2.33. The average Bonchev–Trinajstić information content (AvgIpc) is 2.42. The van der Waals surface area contributed by atoms with E-state index in [1.54, 1.807) is 12.1 Å². The molecule has 1 fully saturated rings. The zero-order valence-corrected chi connectivity index (χ0v) is 13.0. The summed E-state index contributed by atoms with van der Waals surface area (Å²) in [5.41, 5.74) is 0.352. The second kappa shape index (κ2) is 5.93. The van der Waals surface area contributed by atoms with Crippen molar-refractivity contribution in [2.75, 3.05) is 7.05 Å². The lowest BCUT2D eigenvalue weighted by atomic mass is 10.0. The van der Waals surface area contributed by atoms with Gasteiger partial charge in [0.25, 0.3) is 11.8 Å². The van der Waals surface area contributed by atoms with Gasteiger partial charge in [-0.15, -0.1) is 0 Å². The Kier molecular flexibility index (Phi) is 4.45. The van der Waals surface area contributed by atoms with Crippen LogP contribution in [-0.2, 0) is 9.59 Å². The topological polar surface area (TPSA) is 66.5 Å². The molecule has 1 atom stereocenters. The van der Waals surface area contributed by atoms with Gasteiger partial charge in [-0.2, -0.15) is 0 Å². The first-order chi connectivity index (χ1) is 9.40. The molecule has 0 saturated carbocycles. The van der Waals surface area contributed by atoms with Crippen molar-refractivity contribution in [2.45, 2.75) is 18.9 Å². The summed E-state index contributed by atoms with van der Waals surface area (Å²) in [6.07, 6.45) is 0.551. The molecule has 0 bridgehead atoms. The number of benzene rings is 1. The van der Waals surface area contributed by atoms with Crippen LogP contribution in [0.4, 0.5) is 0 Å². The molecule has 7 heteroatoms. The molecule has 1 heterocycles. The minimum atomic E-state index is -0.684. The molecular weight excluding hydrogens is 348 g/mol. The first-order valence-electron chi connectivity index (χ1n) is 5.96. The lowest BCUT2D eigenvalue weighted by Crippen LogP contribution is -2.52. The number of hydrogen-bond donors (Lipinski definition) is 1. The third-order valence-corrected chi connectivity index (χ3v) is 4.05. The largest absolute Gasteiger partial charge is 0.340 e. The van der Waals surface area contributed by atoms with E-state index in [2.05, 4.69) is 21.2 Å². The van der Waals surface area contributed by atoms with Gasteiger partial charge in [0.2, 0.25) is 5.91 Å². The normalized spacial score (nSPS) is 19.1. The van der Waals surface area contributed by atoms with E-state index in [0.29, 0.717) is 21.5 Å². The summed E-state index contributed by atoms with van der Waals surface area (Å²) in [5.74, 6) is -1.03. The fourth-order valence-electron chi connectivity index (χ4n) is 1.96. The Morgan fingerprint density at radius 2 is 2.15 bits per heavy atom. The second-order valence-corrected chi connectivity index (χ2v) is 5.77. The number of piperidine rings is 1. The van der Waals surface area contributed by atoms with Crippen molar-refractivity contribution in [3.05, 3.63) is 33.3 Å². The quantitative estimate of drug-likeness (QED) is 0.821. The van der Waals surface area contributed by atoms with Gasteiger partial charge in [-0.05, 0) is 40.5 Å². The molecule has 0 aliphatic carbocycles. The molecule has 1 aromatic rings. The maximum Gasteiger partial charge on any atom is 0.253 e. The van der Waals surface area contributed by atoms with Crippen molar-refractivity contribution >= 4 is 45.3 Å². The Balaban J connectivity index is 2.14. The molecule has 1 N–H and O–H groups in total. The summed E-state index contributed by atoms with van der Waals surface area (Å²) in [4.78, 5) is 36.5. The first kappa shape index (κ1) is 15.0. The molecule has 0 aromatic heterocycles. The van der Waals surface area contributed by atoms with Crippen molar-refractivity contribution < 1.29 is 14.4 Å². The zero-order valence-electron chi connectivity index (χ0n) is 10.7. The Bertz CT molecular complexity index is 591. The number of imide groups is 1. The third-order valence-electron chi connectivity index (χ3n) is 3.13. The van der Waals surface area contributed by atoms with Gasteiger partial charge in [-0.3, -0.25) is 19.3 Å². The van der Waals surface area contributed by atoms with E-state index in [1.165, 1.54) is 13.1 Å². The van der Waals surface area contributed by atoms with Gasteiger partial charge in [0.1, 0.15) is 6.04 Å². The first-order valence-corrected chi connectivity index (χ1v) is 7.13. The number of hydrogen-bond acceptors (Lipinski definition) is 3. The van der Waals surface area contributed by atoms with Gasteiger partial charge in [0.05, 0.1) is 5.56 Å². The highest BCUT2D eigenvalue weighted by atomic mass is 79.9. The number of amides is 3. The molecule has 2 rings (SSSR count). The standard InChI is InChI=1S/C13H12BrClN2O3/c1-17-11(18)5-4-10(13(17)20)16-12(19)8-6-7(15)2-3-9(8)14/h2-3,6,10H,4-5H2,1H3,(H,16,19). The molecular formula is C13H12BrClN2O3. The smallest absolute Gasteiger partial charge is 0.253 e. The van der Waals surface area contributed by atoms with Gasteiger partial charge >= 0.3 is 0 Å². The van der Waals surface area contributed by atoms with Crippen LogP contribution in [0, 0.1) is 0 Å². The van der Waals surface area contributed by atoms with Crippen LogP contribution in [0.3, 0.4) is 0 Å². The molecule has 1 aromatic carbocycles. The summed E-state index contributed by atoms with van der Waals surface area (Å²) in [7, 11) is 1.41. The number of nitrogens with one attached hydrogen (secondary N) is 1. The summed E-state index contributed by atoms with van der Waals surface area (Å²) in [5, 5.41) is 3.06. The van der Waals surface area contributed by atoms with Crippen LogP contribution >= 0.6 is 27.5 Å². The zero-order chi connectivity index (χ0) is 14.9. The molecule has 1 unspecified atom stereocenters. The van der Waals surface area contributed by atoms with E-state index in [0.717, 1.165) is 4.90 Å². The monoisotopic (exact) mass is 358 g/mol. The van der Waals surface area contributed by atoms with E-state index in [9.17, 15) is 14.4 Å². The molecule has 1 aliphatic heterocycles. The molecule has 0 radical (unpaired) electrons. The van der Waals surface area contributed by atoms with E-state index >= 15 is 0 Å². The second-order valence-electron chi connectivity index (χ2n) is 4.48. The molecule has 1 aliphatic rings. The lowest BCUT2D eigenvalue weighted by Gasteiger charge is -2.28. The van der Waals surface area contributed by atoms with Gasteiger partial charge in [-0.25, -0.2) is 0 Å². The number of halogens is 2. The number of carbonyl (C=O) groups excluding carboxylic acids is 3. The van der Waals surface area contributed by atoms with E-state index in [-0.39, 0.29) is 12.3 Å². The summed E-state index contributed by atoms with van der Waals surface area (Å²) in [6.45, 7) is 0. The maximum absolute atomic E-state index is 12.2. The predicted molar refractivity (Wildman–Crippen MR) is 77.4 cm³/mol. The summed E-state index contributed by atoms with van der Waals surface area (Å²) >= 11 is 9.12. The van der Waals surface area contributed by atoms with Gasteiger partial charge < -0.3 is 5.32 Å². The summed E-state index contributed by atoms with van der Waals surface area (Å²) < 4.78 is 0.590. The summed E-state index contributed by atoms with van der Waals surface area (Å²) in [6, 6.07) is 4.15. The Labute approximate surface area is 129 Å². The third kappa shape index (κ3) is 3.02. The Morgan fingerprint density at radius 1 is 1.45 bits per heavy atom. The highest BCUT2D eigenvalue weighted by Crippen LogP contribution is 2.22. The number of likely N-dealkylation sites (N-methyl/N-ethyl adjacent to an activating group) is 1. The van der Waals surface area contributed by atoms with Crippen LogP contribution in [0.5, 0.6) is 0 Å². The number of nitrogens with zero attached hydrogens (tertiary/aromatic N) is 1. The van der Waals surface area contributed by atoms with Crippen molar-refractivity contribution in [3.8, 4) is 0 Å². The Hall–Kier alpha value is -1.40. The van der Waals surface area contributed by atoms with Crippen molar-refractivity contribution in [1.29, 1.82) is 0 Å². The van der Waals surface area contributed by atoms with Crippen LogP contribution < -0.4 is 5.32 Å². The van der Waals surface area contributed by atoms with E-state index in [1.807, 2.05) is 0 Å². The van der Waals surface area contributed by atoms with E-state index < -0.39 is 17.9 Å². The fraction of sp³-hybridized carbons (Fsp3) is 0.308. The van der Waals surface area contributed by atoms with Crippen LogP contribution in [0.1, 0.15) is 23.2 Å². The molecule has 0 spiro atoms. The van der Waals surface area contributed by atoms with Crippen LogP contribution in [0.2, 0.25) is 5.02 Å². The van der Waals surface area contributed by atoms with Crippen LogP contribution in [-0.4, -0.2) is 35.7 Å². The van der Waals surface area contributed by atoms with Crippen LogP contribution in [0.25, 0.3) is 0 Å². The van der Waals surface area contributed by atoms with Crippen LogP contribution in [0.15, 0.2) is 22.7 Å². The Morgan fingerprint density at radius 3 is 2.85 bits per heavy atom. The van der Waals surface area contributed by atoms with Crippen molar-refractivity contribution in [2.24, 2.45) is 0 Å². The highest BCUT2D eigenvalue weighted by molar-refractivity contribution is 9.10. The van der Waals surface area contributed by atoms with Gasteiger partial charge in [-0.1, -0.05) is 11.6 Å². The molecule has 5 nitrogen and oxygen atoms in total. The SMILES string of the molecule is CN1C(=O)CCC(NC(=O)c2cc(Cl)ccc2Br)C1=O. The number of rotatable bonds is 2. The number of likely N-dealkylation sites (tertiary alicyclic amines) is 1. The molecule has 20 heavy (non-hydrogen) atoms. The molecule has 106 valence electrons. The fourth-order valence-corrected chi connectivity index (χ4v) is 2.56. The van der Waals surface area contributed by atoms with Gasteiger partial charge in [0.15, 0.2) is 0 Å². The van der Waals surface area contributed by atoms with Gasteiger partial charge in [0, 0.05) is 23.0 Å².